The lowest BCUT2D eigenvalue weighted by atomic mass is 10.1. The number of nitro groups is 1. The number of furan rings is 1. The number of benzene rings is 1. The molecule has 1 aliphatic rings. The maximum atomic E-state index is 13.1. The molecule has 2 aromatic heterocycles. The van der Waals surface area contributed by atoms with E-state index >= 15 is 0 Å². The van der Waals surface area contributed by atoms with Gasteiger partial charge in [-0.15, -0.1) is 5.10 Å². The summed E-state index contributed by atoms with van der Waals surface area (Å²) in [6.45, 7) is 0.228. The Morgan fingerprint density at radius 1 is 1.26 bits per heavy atom. The summed E-state index contributed by atoms with van der Waals surface area (Å²) in [7, 11) is 0. The topological polar surface area (TPSA) is 114 Å². The zero-order valence-electron chi connectivity index (χ0n) is 16.2. The van der Waals surface area contributed by atoms with Crippen LogP contribution in [-0.4, -0.2) is 37.3 Å². The van der Waals surface area contributed by atoms with Crippen molar-refractivity contribution in [3.63, 3.8) is 0 Å². The van der Waals surface area contributed by atoms with Crippen molar-refractivity contribution in [2.75, 3.05) is 0 Å². The third-order valence-corrected chi connectivity index (χ3v) is 5.66. The van der Waals surface area contributed by atoms with Gasteiger partial charge in [0.25, 0.3) is 5.69 Å². The molecule has 0 N–H and O–H groups in total. The number of nitrogens with zero attached hydrogens (tertiary/aromatic N) is 5. The maximum absolute atomic E-state index is 13.1. The van der Waals surface area contributed by atoms with Crippen LogP contribution >= 0.6 is 11.8 Å². The average molecular weight is 435 g/mol. The molecule has 1 amide bonds. The molecule has 1 saturated heterocycles. The first-order valence-corrected chi connectivity index (χ1v) is 10.2. The molecule has 0 spiro atoms. The number of nitro benzene ring substituents is 1. The lowest BCUT2D eigenvalue weighted by Crippen LogP contribution is -2.32. The largest absolute Gasteiger partial charge is 0.467 e. The number of carbonyl (C=O) groups is 1. The number of amidine groups is 1. The molecule has 1 fully saturated rings. The number of amides is 1. The van der Waals surface area contributed by atoms with Crippen molar-refractivity contribution < 1.29 is 14.1 Å². The highest BCUT2D eigenvalue weighted by atomic mass is 32.2. The van der Waals surface area contributed by atoms with Crippen LogP contribution in [0.2, 0.25) is 0 Å². The molecule has 0 radical (unpaired) electrons. The van der Waals surface area contributed by atoms with E-state index in [0.717, 1.165) is 5.56 Å². The SMILES string of the molecule is O=C1[C@H](Cc2cccc([N+](=O)[O-])c2)S/C(=N\N=C/c2cccnc2)N1Cc1ccco1. The Hall–Kier alpha value is -3.79. The van der Waals surface area contributed by atoms with Crippen molar-refractivity contribution >= 4 is 34.7 Å². The molecule has 0 bridgehead atoms. The molecule has 1 aliphatic heterocycles. The Morgan fingerprint density at radius 2 is 2.16 bits per heavy atom. The van der Waals surface area contributed by atoms with Gasteiger partial charge >= 0.3 is 0 Å². The van der Waals surface area contributed by atoms with E-state index < -0.39 is 10.2 Å². The van der Waals surface area contributed by atoms with Crippen LogP contribution < -0.4 is 0 Å². The molecule has 156 valence electrons. The molecule has 3 heterocycles. The molecule has 31 heavy (non-hydrogen) atoms. The van der Waals surface area contributed by atoms with Crippen molar-refractivity contribution in [2.24, 2.45) is 10.2 Å². The van der Waals surface area contributed by atoms with Gasteiger partial charge in [-0.2, -0.15) is 5.10 Å². The lowest BCUT2D eigenvalue weighted by molar-refractivity contribution is -0.384. The van der Waals surface area contributed by atoms with E-state index in [2.05, 4.69) is 15.2 Å². The van der Waals surface area contributed by atoms with Crippen molar-refractivity contribution in [3.05, 3.63) is 94.2 Å². The van der Waals surface area contributed by atoms with E-state index in [0.29, 0.717) is 22.9 Å². The van der Waals surface area contributed by atoms with Gasteiger partial charge in [-0.05, 0) is 30.2 Å². The highest BCUT2D eigenvalue weighted by molar-refractivity contribution is 8.15. The fourth-order valence-corrected chi connectivity index (χ4v) is 4.16. The first-order chi connectivity index (χ1) is 15.1. The van der Waals surface area contributed by atoms with Crippen LogP contribution in [0.15, 0.2) is 81.8 Å². The molecular weight excluding hydrogens is 418 g/mol. The Bertz CT molecular complexity index is 1130. The van der Waals surface area contributed by atoms with Gasteiger partial charge in [0.05, 0.1) is 29.2 Å². The smallest absolute Gasteiger partial charge is 0.269 e. The molecule has 1 atom stereocenters. The third kappa shape index (κ3) is 5.04. The number of non-ortho nitro benzene ring substituents is 1. The summed E-state index contributed by atoms with van der Waals surface area (Å²) in [5.74, 6) is 0.470. The molecule has 0 aliphatic carbocycles. The summed E-state index contributed by atoms with van der Waals surface area (Å²) in [5.41, 5.74) is 1.49. The van der Waals surface area contributed by atoms with Gasteiger partial charge in [-0.1, -0.05) is 30.0 Å². The van der Waals surface area contributed by atoms with E-state index in [1.165, 1.54) is 28.8 Å². The van der Waals surface area contributed by atoms with E-state index in [1.54, 1.807) is 55.2 Å². The summed E-state index contributed by atoms with van der Waals surface area (Å²) in [6, 6.07) is 13.5. The van der Waals surface area contributed by atoms with Crippen LogP contribution in [0.1, 0.15) is 16.9 Å². The molecular formula is C21H17N5O4S. The minimum atomic E-state index is -0.468. The Labute approximate surface area is 181 Å². The van der Waals surface area contributed by atoms with Gasteiger partial charge in [0, 0.05) is 30.1 Å². The summed E-state index contributed by atoms with van der Waals surface area (Å²) in [4.78, 5) is 29.2. The minimum absolute atomic E-state index is 0.00431. The molecule has 3 aromatic rings. The fraction of sp³-hybridized carbons (Fsp3) is 0.143. The highest BCUT2D eigenvalue weighted by Gasteiger charge is 2.38. The highest BCUT2D eigenvalue weighted by Crippen LogP contribution is 2.32. The van der Waals surface area contributed by atoms with Gasteiger partial charge < -0.3 is 4.42 Å². The first kappa shape index (κ1) is 20.5. The van der Waals surface area contributed by atoms with Gasteiger partial charge in [0.2, 0.25) is 5.91 Å². The minimum Gasteiger partial charge on any atom is -0.467 e. The van der Waals surface area contributed by atoms with E-state index in [9.17, 15) is 14.9 Å². The second kappa shape index (κ2) is 9.35. The molecule has 9 nitrogen and oxygen atoms in total. The van der Waals surface area contributed by atoms with Crippen LogP contribution in [0.4, 0.5) is 5.69 Å². The quantitative estimate of drug-likeness (QED) is 0.318. The van der Waals surface area contributed by atoms with E-state index in [-0.39, 0.29) is 18.1 Å². The van der Waals surface area contributed by atoms with Gasteiger partial charge in [0.15, 0.2) is 5.17 Å². The summed E-state index contributed by atoms with van der Waals surface area (Å²) in [6.07, 6.45) is 6.76. The van der Waals surface area contributed by atoms with E-state index in [1.807, 2.05) is 6.07 Å². The first-order valence-electron chi connectivity index (χ1n) is 9.35. The molecule has 10 heteroatoms. The van der Waals surface area contributed by atoms with Crippen LogP contribution in [0.25, 0.3) is 0 Å². The summed E-state index contributed by atoms with van der Waals surface area (Å²) in [5, 5.41) is 19.4. The Morgan fingerprint density at radius 3 is 2.90 bits per heavy atom. The molecule has 0 saturated carbocycles. The number of aromatic nitrogens is 1. The molecule has 0 unspecified atom stereocenters. The number of pyridine rings is 1. The number of hydrogen-bond donors (Lipinski definition) is 0. The maximum Gasteiger partial charge on any atom is 0.269 e. The van der Waals surface area contributed by atoms with Crippen LogP contribution in [0, 0.1) is 10.1 Å². The van der Waals surface area contributed by atoms with E-state index in [4.69, 9.17) is 4.42 Å². The Kier molecular flexibility index (Phi) is 6.18. The number of carbonyl (C=O) groups excluding carboxylic acids is 1. The predicted octanol–water partition coefficient (Wildman–Crippen LogP) is 3.66. The second-order valence-corrected chi connectivity index (χ2v) is 7.82. The summed E-state index contributed by atoms with van der Waals surface area (Å²) >= 11 is 1.28. The standard InChI is InChI=1S/C21H17N5O4S/c27-20-19(11-15-4-1-6-17(10-15)26(28)29)31-21(25(20)14-18-7-3-9-30-18)24-23-13-16-5-2-8-22-12-16/h1-10,12-13,19H,11,14H2/b23-13-,24-21-/t19-/m0/s1. The Balaban J connectivity index is 1.56. The third-order valence-electron chi connectivity index (χ3n) is 4.49. The second-order valence-electron chi connectivity index (χ2n) is 6.65. The average Bonchev–Trinajstić information content (AvgIpc) is 3.39. The lowest BCUT2D eigenvalue weighted by Gasteiger charge is -2.14. The van der Waals surface area contributed by atoms with Crippen molar-refractivity contribution in [1.82, 2.24) is 9.88 Å². The van der Waals surface area contributed by atoms with Crippen LogP contribution in [0.5, 0.6) is 0 Å². The number of thioether (sulfide) groups is 1. The normalized spacial score (nSPS) is 17.7. The monoisotopic (exact) mass is 435 g/mol. The van der Waals surface area contributed by atoms with Crippen LogP contribution in [-0.2, 0) is 17.8 Å². The predicted molar refractivity (Wildman–Crippen MR) is 117 cm³/mol. The van der Waals surface area contributed by atoms with Crippen LogP contribution in [0.3, 0.4) is 0 Å². The van der Waals surface area contributed by atoms with Crippen molar-refractivity contribution in [2.45, 2.75) is 18.2 Å². The molecule has 4 rings (SSSR count). The van der Waals surface area contributed by atoms with Gasteiger partial charge in [0.1, 0.15) is 5.76 Å². The number of rotatable bonds is 7. The van der Waals surface area contributed by atoms with Crippen molar-refractivity contribution in [3.8, 4) is 0 Å². The van der Waals surface area contributed by atoms with Gasteiger partial charge in [-0.25, -0.2) is 0 Å². The summed E-state index contributed by atoms with van der Waals surface area (Å²) < 4.78 is 5.38. The fourth-order valence-electron chi connectivity index (χ4n) is 3.03. The zero-order valence-corrected chi connectivity index (χ0v) is 17.0. The zero-order chi connectivity index (χ0) is 21.6. The molecule has 1 aromatic carbocycles. The van der Waals surface area contributed by atoms with Crippen molar-refractivity contribution in [1.29, 1.82) is 0 Å². The van der Waals surface area contributed by atoms with Gasteiger partial charge in [-0.3, -0.25) is 24.8 Å². The number of hydrogen-bond acceptors (Lipinski definition) is 8.